The number of fused-ring (bicyclic) bond motifs is 3. The van der Waals surface area contributed by atoms with Crippen LogP contribution in [0.15, 0.2) is 29.2 Å². The van der Waals surface area contributed by atoms with Gasteiger partial charge >= 0.3 is 0 Å². The van der Waals surface area contributed by atoms with Gasteiger partial charge in [-0.05, 0) is 18.2 Å². The molecule has 1 aromatic carbocycles. The van der Waals surface area contributed by atoms with Crippen molar-refractivity contribution in [2.75, 3.05) is 42.8 Å². The summed E-state index contributed by atoms with van der Waals surface area (Å²) < 4.78 is 34.2. The number of hydrogen-bond donors (Lipinski definition) is 2. The Balaban J connectivity index is 1.82. The maximum absolute atomic E-state index is 13.8. The molecule has 0 radical (unpaired) electrons. The van der Waals surface area contributed by atoms with Crippen LogP contribution in [0.25, 0.3) is 10.9 Å². The molecule has 2 N–H and O–H groups in total. The quantitative estimate of drug-likeness (QED) is 0.652. The highest BCUT2D eigenvalue weighted by Crippen LogP contribution is 2.36. The lowest BCUT2D eigenvalue weighted by Gasteiger charge is -2.16. The molecule has 0 bridgehead atoms. The molecule has 0 fully saturated rings. The second-order valence-corrected chi connectivity index (χ2v) is 7.59. The lowest BCUT2D eigenvalue weighted by Crippen LogP contribution is -2.31. The largest absolute Gasteiger partial charge is 0.480 e. The molecule has 2 aromatic heterocycles. The van der Waals surface area contributed by atoms with E-state index in [1.54, 1.807) is 44.2 Å². The van der Waals surface area contributed by atoms with Crippen molar-refractivity contribution >= 4 is 45.6 Å². The predicted octanol–water partition coefficient (Wildman–Crippen LogP) is 3.23. The van der Waals surface area contributed by atoms with Crippen molar-refractivity contribution in [1.29, 1.82) is 0 Å². The van der Waals surface area contributed by atoms with Crippen molar-refractivity contribution in [2.45, 2.75) is 5.92 Å². The molecule has 1 aliphatic heterocycles. The standard InChI is InChI=1S/C19H19ClF2N6O2/c1-27(2)18-23-7-12(20)16(26-18)25-10-4-5-13-11(6-10)14-15(17(29)28(13)3)30-9-19(21,22)8-24-14/h4-7,24H,8-9H2,1-3H3,(H,23,25,26). The number of aryl methyl sites for hydroxylation is 1. The van der Waals surface area contributed by atoms with E-state index in [2.05, 4.69) is 20.6 Å². The fourth-order valence-corrected chi connectivity index (χ4v) is 3.29. The minimum absolute atomic E-state index is 0.130. The highest BCUT2D eigenvalue weighted by molar-refractivity contribution is 6.32. The van der Waals surface area contributed by atoms with Gasteiger partial charge in [0.15, 0.2) is 12.4 Å². The Kier molecular flexibility index (Phi) is 4.89. The Hall–Kier alpha value is -3.14. The minimum atomic E-state index is -3.09. The van der Waals surface area contributed by atoms with Gasteiger partial charge in [-0.15, -0.1) is 0 Å². The van der Waals surface area contributed by atoms with Crippen LogP contribution in [0.1, 0.15) is 0 Å². The van der Waals surface area contributed by atoms with E-state index >= 15 is 0 Å². The fourth-order valence-electron chi connectivity index (χ4n) is 3.15. The summed E-state index contributed by atoms with van der Waals surface area (Å²) in [5.41, 5.74) is 0.911. The topological polar surface area (TPSA) is 84.3 Å². The first-order chi connectivity index (χ1) is 14.2. The zero-order chi connectivity index (χ0) is 21.6. The summed E-state index contributed by atoms with van der Waals surface area (Å²) in [4.78, 5) is 22.9. The van der Waals surface area contributed by atoms with Gasteiger partial charge in [-0.3, -0.25) is 4.79 Å². The number of rotatable bonds is 3. The number of anilines is 4. The summed E-state index contributed by atoms with van der Waals surface area (Å²) in [7, 11) is 5.18. The number of nitrogens with zero attached hydrogens (tertiary/aromatic N) is 4. The summed E-state index contributed by atoms with van der Waals surface area (Å²) >= 11 is 6.22. The van der Waals surface area contributed by atoms with E-state index in [-0.39, 0.29) is 11.4 Å². The Morgan fingerprint density at radius 2 is 2.13 bits per heavy atom. The van der Waals surface area contributed by atoms with E-state index in [1.165, 1.54) is 10.8 Å². The highest BCUT2D eigenvalue weighted by Gasteiger charge is 2.35. The summed E-state index contributed by atoms with van der Waals surface area (Å²) in [6, 6.07) is 5.18. The van der Waals surface area contributed by atoms with Crippen molar-refractivity contribution in [3.05, 3.63) is 39.8 Å². The Labute approximate surface area is 175 Å². The zero-order valence-corrected chi connectivity index (χ0v) is 17.2. The molecule has 4 rings (SSSR count). The Morgan fingerprint density at radius 3 is 2.87 bits per heavy atom. The number of hydrogen-bond acceptors (Lipinski definition) is 7. The molecular formula is C19H19ClF2N6O2. The zero-order valence-electron chi connectivity index (χ0n) is 16.5. The van der Waals surface area contributed by atoms with Crippen LogP contribution in [0.3, 0.4) is 0 Å². The van der Waals surface area contributed by atoms with Crippen molar-refractivity contribution in [2.24, 2.45) is 7.05 Å². The van der Waals surface area contributed by atoms with Gasteiger partial charge in [0.1, 0.15) is 5.02 Å². The van der Waals surface area contributed by atoms with Crippen LogP contribution >= 0.6 is 11.6 Å². The molecule has 0 unspecified atom stereocenters. The molecule has 11 heteroatoms. The van der Waals surface area contributed by atoms with Crippen LogP contribution in [-0.4, -0.2) is 47.7 Å². The SMILES string of the molecule is CN(C)c1ncc(Cl)c(Nc2ccc3c(c2)c2c(c(=O)n3C)OCC(F)(F)CN2)n1. The van der Waals surface area contributed by atoms with Gasteiger partial charge in [0.2, 0.25) is 11.7 Å². The van der Waals surface area contributed by atoms with E-state index in [1.807, 2.05) is 0 Å². The van der Waals surface area contributed by atoms with Crippen molar-refractivity contribution < 1.29 is 13.5 Å². The lowest BCUT2D eigenvalue weighted by atomic mass is 10.1. The number of aromatic nitrogens is 3. The van der Waals surface area contributed by atoms with Crippen molar-refractivity contribution in [3.8, 4) is 5.75 Å². The summed E-state index contributed by atoms with van der Waals surface area (Å²) in [6.07, 6.45) is 1.49. The monoisotopic (exact) mass is 436 g/mol. The number of halogens is 3. The average molecular weight is 437 g/mol. The van der Waals surface area contributed by atoms with Crippen LogP contribution in [0.5, 0.6) is 5.75 Å². The van der Waals surface area contributed by atoms with Crippen LogP contribution in [-0.2, 0) is 7.05 Å². The van der Waals surface area contributed by atoms with E-state index in [0.29, 0.717) is 33.4 Å². The third-order valence-corrected chi connectivity index (χ3v) is 4.98. The first kappa shape index (κ1) is 20.1. The molecule has 3 heterocycles. The smallest absolute Gasteiger partial charge is 0.298 e. The maximum Gasteiger partial charge on any atom is 0.298 e. The van der Waals surface area contributed by atoms with Crippen LogP contribution in [0.2, 0.25) is 5.02 Å². The summed E-state index contributed by atoms with van der Waals surface area (Å²) in [5, 5.41) is 6.67. The molecule has 158 valence electrons. The summed E-state index contributed by atoms with van der Waals surface area (Å²) in [5.74, 6) is -2.37. The van der Waals surface area contributed by atoms with Crippen molar-refractivity contribution in [3.63, 3.8) is 0 Å². The molecule has 1 aliphatic rings. The van der Waals surface area contributed by atoms with E-state index < -0.39 is 24.6 Å². The molecule has 0 spiro atoms. The first-order valence-electron chi connectivity index (χ1n) is 9.04. The average Bonchev–Trinajstić information content (AvgIpc) is 2.86. The molecule has 30 heavy (non-hydrogen) atoms. The van der Waals surface area contributed by atoms with Gasteiger partial charge in [0.05, 0.1) is 23.9 Å². The summed E-state index contributed by atoms with van der Waals surface area (Å²) in [6.45, 7) is -1.50. The highest BCUT2D eigenvalue weighted by atomic mass is 35.5. The van der Waals surface area contributed by atoms with E-state index in [9.17, 15) is 13.6 Å². The van der Waals surface area contributed by atoms with Gasteiger partial charge in [0.25, 0.3) is 11.5 Å². The maximum atomic E-state index is 13.8. The van der Waals surface area contributed by atoms with Gasteiger partial charge in [-0.1, -0.05) is 11.6 Å². The number of pyridine rings is 1. The number of benzene rings is 1. The molecule has 0 saturated carbocycles. The van der Waals surface area contributed by atoms with Crippen LogP contribution in [0.4, 0.5) is 31.9 Å². The number of nitrogens with one attached hydrogen (secondary N) is 2. The van der Waals surface area contributed by atoms with E-state index in [4.69, 9.17) is 16.3 Å². The molecule has 0 aliphatic carbocycles. The van der Waals surface area contributed by atoms with E-state index in [0.717, 1.165) is 0 Å². The van der Waals surface area contributed by atoms with Crippen molar-refractivity contribution in [1.82, 2.24) is 14.5 Å². The third-order valence-electron chi connectivity index (χ3n) is 4.70. The minimum Gasteiger partial charge on any atom is -0.480 e. The van der Waals surface area contributed by atoms with Crippen LogP contribution < -0.4 is 25.8 Å². The van der Waals surface area contributed by atoms with Gasteiger partial charge in [-0.25, -0.2) is 13.8 Å². The number of ether oxygens (including phenoxy) is 1. The molecule has 0 saturated heterocycles. The lowest BCUT2D eigenvalue weighted by molar-refractivity contribution is -0.0251. The Morgan fingerprint density at radius 1 is 1.37 bits per heavy atom. The first-order valence-corrected chi connectivity index (χ1v) is 9.42. The van der Waals surface area contributed by atoms with Gasteiger partial charge < -0.3 is 24.8 Å². The predicted molar refractivity (Wildman–Crippen MR) is 113 cm³/mol. The molecule has 8 nitrogen and oxygen atoms in total. The van der Waals surface area contributed by atoms with Gasteiger partial charge in [-0.2, -0.15) is 4.98 Å². The molecule has 0 atom stereocenters. The third kappa shape index (κ3) is 3.58. The second kappa shape index (κ2) is 7.28. The van der Waals surface area contributed by atoms with Crippen LogP contribution in [0, 0.1) is 0 Å². The molecule has 3 aromatic rings. The molecular weight excluding hydrogens is 418 g/mol. The van der Waals surface area contributed by atoms with Gasteiger partial charge in [0, 0.05) is 32.2 Å². The second-order valence-electron chi connectivity index (χ2n) is 7.18. The molecule has 0 amide bonds. The fraction of sp³-hybridized carbons (Fsp3) is 0.316. The number of alkyl halides is 2. The normalized spacial score (nSPS) is 15.0. The Bertz CT molecular complexity index is 1200.